The van der Waals surface area contributed by atoms with E-state index in [0.29, 0.717) is 17.3 Å². The molecule has 1 N–H and O–H groups in total. The number of ketones is 1. The van der Waals surface area contributed by atoms with Gasteiger partial charge in [0.25, 0.3) is 0 Å². The molecule has 2 aliphatic heterocycles. The Kier molecular flexibility index (Phi) is 3.87. The minimum atomic E-state index is -4.55. The van der Waals surface area contributed by atoms with Crippen LogP contribution >= 0.6 is 11.6 Å². The van der Waals surface area contributed by atoms with Crippen LogP contribution in [0.25, 0.3) is 0 Å². The van der Waals surface area contributed by atoms with Crippen molar-refractivity contribution in [3.63, 3.8) is 0 Å². The Morgan fingerprint density at radius 3 is 2.52 bits per heavy atom. The van der Waals surface area contributed by atoms with E-state index in [-0.39, 0.29) is 29.1 Å². The fourth-order valence-electron chi connectivity index (χ4n) is 3.57. The van der Waals surface area contributed by atoms with Gasteiger partial charge < -0.3 is 10.0 Å². The van der Waals surface area contributed by atoms with E-state index in [9.17, 15) is 23.1 Å². The van der Waals surface area contributed by atoms with Crippen LogP contribution in [0.1, 0.15) is 27.9 Å². The summed E-state index contributed by atoms with van der Waals surface area (Å²) in [6.07, 6.45) is -4.45. The second-order valence-corrected chi connectivity index (χ2v) is 7.12. The standard InChI is InChI=1S/C19H14ClF3N2O2/c1-10-8-13-15(9-14(10)19(21,22)23)24-17-18(27,16(13)26)6-7-25(17)12-4-2-11(20)3-5-12/h2-5,8-9,27H,6-7H2,1H3/t18-/m1/s1. The number of carbonyl (C=O) groups is 1. The largest absolute Gasteiger partial charge is 0.416 e. The van der Waals surface area contributed by atoms with E-state index >= 15 is 0 Å². The van der Waals surface area contributed by atoms with Crippen molar-refractivity contribution in [1.82, 2.24) is 0 Å². The normalized spacial score (nSPS) is 21.8. The van der Waals surface area contributed by atoms with E-state index in [1.54, 1.807) is 29.2 Å². The summed E-state index contributed by atoms with van der Waals surface area (Å²) >= 11 is 5.89. The molecule has 0 unspecified atom stereocenters. The first-order valence-electron chi connectivity index (χ1n) is 8.22. The molecule has 0 spiro atoms. The maximum atomic E-state index is 13.2. The van der Waals surface area contributed by atoms with Crippen LogP contribution < -0.4 is 4.90 Å². The second kappa shape index (κ2) is 5.81. The fourth-order valence-corrected chi connectivity index (χ4v) is 3.69. The van der Waals surface area contributed by atoms with Gasteiger partial charge in [-0.05, 0) is 48.9 Å². The first kappa shape index (κ1) is 18.0. The lowest BCUT2D eigenvalue weighted by molar-refractivity contribution is -0.138. The van der Waals surface area contributed by atoms with Gasteiger partial charge >= 0.3 is 6.18 Å². The number of amidine groups is 1. The number of Topliss-reactive ketones (excluding diaryl/α,β-unsaturated/α-hetero) is 1. The van der Waals surface area contributed by atoms with Crippen LogP contribution in [0.15, 0.2) is 41.4 Å². The molecule has 0 bridgehead atoms. The monoisotopic (exact) mass is 394 g/mol. The Labute approximate surface area is 157 Å². The molecule has 0 aliphatic carbocycles. The van der Waals surface area contributed by atoms with Gasteiger partial charge in [0.2, 0.25) is 5.78 Å². The summed E-state index contributed by atoms with van der Waals surface area (Å²) < 4.78 is 39.7. The molecule has 2 heterocycles. The van der Waals surface area contributed by atoms with Gasteiger partial charge in [-0.25, -0.2) is 4.99 Å². The number of carbonyl (C=O) groups excluding carboxylic acids is 1. The van der Waals surface area contributed by atoms with Crippen molar-refractivity contribution >= 4 is 34.6 Å². The Bertz CT molecular complexity index is 986. The zero-order valence-corrected chi connectivity index (χ0v) is 14.9. The molecule has 2 aromatic rings. The third-order valence-electron chi connectivity index (χ3n) is 4.96. The lowest BCUT2D eigenvalue weighted by Gasteiger charge is -2.30. The molecule has 4 nitrogen and oxygen atoms in total. The number of alkyl halides is 3. The molecule has 2 aromatic carbocycles. The number of anilines is 1. The van der Waals surface area contributed by atoms with Crippen LogP contribution in [0.4, 0.5) is 24.5 Å². The van der Waals surface area contributed by atoms with Gasteiger partial charge in [0.1, 0.15) is 5.84 Å². The SMILES string of the molecule is Cc1cc2c(cc1C(F)(F)F)N=C1N(c3ccc(Cl)cc3)CC[C@@]1(O)C2=O. The van der Waals surface area contributed by atoms with E-state index in [4.69, 9.17) is 11.6 Å². The van der Waals surface area contributed by atoms with E-state index in [2.05, 4.69) is 4.99 Å². The molecular formula is C19H14ClF3N2O2. The second-order valence-electron chi connectivity index (χ2n) is 6.68. The number of fused-ring (bicyclic) bond motifs is 2. The average molecular weight is 395 g/mol. The van der Waals surface area contributed by atoms with Gasteiger partial charge in [-0.15, -0.1) is 0 Å². The highest BCUT2D eigenvalue weighted by atomic mass is 35.5. The van der Waals surface area contributed by atoms with Gasteiger partial charge in [-0.1, -0.05) is 11.6 Å². The van der Waals surface area contributed by atoms with Crippen LogP contribution in [0.5, 0.6) is 0 Å². The highest BCUT2D eigenvalue weighted by Crippen LogP contribution is 2.43. The minimum Gasteiger partial charge on any atom is -0.374 e. The van der Waals surface area contributed by atoms with Crippen molar-refractivity contribution in [3.05, 3.63) is 58.1 Å². The molecule has 0 amide bonds. The molecule has 140 valence electrons. The fraction of sp³-hybridized carbons (Fsp3) is 0.263. The maximum absolute atomic E-state index is 13.2. The molecule has 0 radical (unpaired) electrons. The molecular weight excluding hydrogens is 381 g/mol. The van der Waals surface area contributed by atoms with Gasteiger partial charge in [0.05, 0.1) is 11.3 Å². The van der Waals surface area contributed by atoms with Gasteiger partial charge in [0.15, 0.2) is 5.60 Å². The van der Waals surface area contributed by atoms with Crippen LogP contribution in [-0.4, -0.2) is 28.9 Å². The lowest BCUT2D eigenvalue weighted by atomic mass is 9.86. The topological polar surface area (TPSA) is 52.9 Å². The van der Waals surface area contributed by atoms with Crippen molar-refractivity contribution in [3.8, 4) is 0 Å². The number of nitrogens with zero attached hydrogens (tertiary/aromatic N) is 2. The van der Waals surface area contributed by atoms with Crippen LogP contribution in [0.3, 0.4) is 0 Å². The highest BCUT2D eigenvalue weighted by molar-refractivity contribution is 6.31. The van der Waals surface area contributed by atoms with Gasteiger partial charge in [-0.2, -0.15) is 13.2 Å². The zero-order chi connectivity index (χ0) is 19.6. The molecule has 1 fully saturated rings. The first-order chi connectivity index (χ1) is 12.6. The molecule has 8 heteroatoms. The summed E-state index contributed by atoms with van der Waals surface area (Å²) in [5.74, 6) is -0.588. The van der Waals surface area contributed by atoms with Crippen molar-refractivity contribution < 1.29 is 23.1 Å². The summed E-state index contributed by atoms with van der Waals surface area (Å²) in [4.78, 5) is 18.8. The number of aryl methyl sites for hydroxylation is 1. The average Bonchev–Trinajstić information content (AvgIpc) is 2.93. The number of hydrogen-bond donors (Lipinski definition) is 1. The highest BCUT2D eigenvalue weighted by Gasteiger charge is 2.52. The van der Waals surface area contributed by atoms with Crippen LogP contribution in [-0.2, 0) is 6.18 Å². The van der Waals surface area contributed by atoms with Gasteiger partial charge in [-0.3, -0.25) is 4.79 Å². The lowest BCUT2D eigenvalue weighted by Crippen LogP contribution is -2.48. The molecule has 1 atom stereocenters. The molecule has 27 heavy (non-hydrogen) atoms. The molecule has 1 saturated heterocycles. The molecule has 4 rings (SSSR count). The molecule has 2 aliphatic rings. The number of hydrogen-bond acceptors (Lipinski definition) is 4. The number of aliphatic imine (C=N–C) groups is 1. The van der Waals surface area contributed by atoms with Crippen molar-refractivity contribution in [2.45, 2.75) is 25.1 Å². The predicted molar refractivity (Wildman–Crippen MR) is 96.0 cm³/mol. The van der Waals surface area contributed by atoms with Gasteiger partial charge in [0, 0.05) is 29.2 Å². The van der Waals surface area contributed by atoms with Crippen molar-refractivity contribution in [2.24, 2.45) is 4.99 Å². The minimum absolute atomic E-state index is 0.00436. The summed E-state index contributed by atoms with van der Waals surface area (Å²) in [7, 11) is 0. The third-order valence-corrected chi connectivity index (χ3v) is 5.21. The summed E-state index contributed by atoms with van der Waals surface area (Å²) in [5, 5.41) is 11.5. The zero-order valence-electron chi connectivity index (χ0n) is 14.1. The number of aliphatic hydroxyl groups is 1. The smallest absolute Gasteiger partial charge is 0.374 e. The number of halogens is 4. The van der Waals surface area contributed by atoms with E-state index < -0.39 is 23.1 Å². The summed E-state index contributed by atoms with van der Waals surface area (Å²) in [6.45, 7) is 1.59. The van der Waals surface area contributed by atoms with Crippen molar-refractivity contribution in [2.75, 3.05) is 11.4 Å². The Morgan fingerprint density at radius 2 is 1.89 bits per heavy atom. The predicted octanol–water partition coefficient (Wildman–Crippen LogP) is 4.53. The summed E-state index contributed by atoms with van der Waals surface area (Å²) in [5.41, 5.74) is -2.21. The molecule has 0 aromatic heterocycles. The Morgan fingerprint density at radius 1 is 1.22 bits per heavy atom. The third kappa shape index (κ3) is 2.73. The van der Waals surface area contributed by atoms with E-state index in [0.717, 1.165) is 12.1 Å². The number of rotatable bonds is 1. The van der Waals surface area contributed by atoms with Crippen LogP contribution in [0, 0.1) is 6.92 Å². The Hall–Kier alpha value is -2.38. The Balaban J connectivity index is 1.88. The molecule has 0 saturated carbocycles. The first-order valence-corrected chi connectivity index (χ1v) is 8.60. The summed E-state index contributed by atoms with van der Waals surface area (Å²) in [6, 6.07) is 8.73. The quantitative estimate of drug-likeness (QED) is 0.772. The van der Waals surface area contributed by atoms with E-state index in [1.165, 1.54) is 6.92 Å². The van der Waals surface area contributed by atoms with Crippen molar-refractivity contribution in [1.29, 1.82) is 0 Å². The maximum Gasteiger partial charge on any atom is 0.416 e. The van der Waals surface area contributed by atoms with Crippen LogP contribution in [0.2, 0.25) is 5.02 Å². The number of benzene rings is 2. The van der Waals surface area contributed by atoms with E-state index in [1.807, 2.05) is 0 Å².